The number of hydrogen-bond donors (Lipinski definition) is 0. The van der Waals surface area contributed by atoms with Crippen molar-refractivity contribution in [3.8, 4) is 0 Å². The molecule has 1 aromatic heterocycles. The predicted molar refractivity (Wildman–Crippen MR) is 31.9 cm³/mol. The molecule has 0 aliphatic carbocycles. The normalized spacial score (nSPS) is 13.5. The number of hydrogen-bond acceptors (Lipinski definition) is 2. The monoisotopic (exact) mass is 162 g/mol. The summed E-state index contributed by atoms with van der Waals surface area (Å²) >= 11 is 0. The lowest BCUT2D eigenvalue weighted by atomic mass is 10.4. The maximum absolute atomic E-state index is 12.4. The van der Waals surface area contributed by atoms with E-state index in [9.17, 15) is 13.2 Å². The molecule has 2 nitrogen and oxygen atoms in total. The lowest BCUT2D eigenvalue weighted by Gasteiger charge is -2.02. The van der Waals surface area contributed by atoms with E-state index >= 15 is 0 Å². The first-order chi connectivity index (χ1) is 5.22. The van der Waals surface area contributed by atoms with E-state index in [0.717, 1.165) is 0 Å². The fourth-order valence-electron chi connectivity index (χ4n) is 0.566. The lowest BCUT2D eigenvalue weighted by molar-refractivity contribution is 0.0448. The molecule has 0 aliphatic heterocycles. The molecule has 1 unspecified atom stereocenters. The van der Waals surface area contributed by atoms with Crippen molar-refractivity contribution in [2.24, 2.45) is 0 Å². The summed E-state index contributed by atoms with van der Waals surface area (Å²) in [5.74, 6) is -0.470. The van der Waals surface area contributed by atoms with Crippen molar-refractivity contribution >= 4 is 0 Å². The first kappa shape index (κ1) is 7.97. The first-order valence-electron chi connectivity index (χ1n) is 2.91. The summed E-state index contributed by atoms with van der Waals surface area (Å²) in [6.45, 7) is 0. The molecule has 0 N–H and O–H groups in total. The van der Waals surface area contributed by atoms with Crippen LogP contribution >= 0.6 is 0 Å². The van der Waals surface area contributed by atoms with E-state index in [1.807, 2.05) is 0 Å². The van der Waals surface area contributed by atoms with E-state index < -0.39 is 18.4 Å². The lowest BCUT2D eigenvalue weighted by Crippen LogP contribution is -2.06. The summed E-state index contributed by atoms with van der Waals surface area (Å²) in [5, 5.41) is 0. The Hall–Kier alpha value is -1.13. The van der Waals surface area contributed by atoms with Gasteiger partial charge in [-0.25, -0.2) is 23.1 Å². The second kappa shape index (κ2) is 3.32. The molecule has 0 amide bonds. The van der Waals surface area contributed by atoms with Gasteiger partial charge in [-0.3, -0.25) is 0 Å². The molecule has 0 aromatic carbocycles. The third kappa shape index (κ3) is 1.89. The van der Waals surface area contributed by atoms with Crippen LogP contribution in [0.15, 0.2) is 18.5 Å². The summed E-state index contributed by atoms with van der Waals surface area (Å²) in [5.41, 5.74) is 0. The average Bonchev–Trinajstić information content (AvgIpc) is 2.05. The topological polar surface area (TPSA) is 25.8 Å². The van der Waals surface area contributed by atoms with Gasteiger partial charge in [-0.05, 0) is 6.07 Å². The maximum atomic E-state index is 12.4. The highest BCUT2D eigenvalue weighted by Gasteiger charge is 2.23. The highest BCUT2D eigenvalue weighted by atomic mass is 19.3. The average molecular weight is 162 g/mol. The SMILES string of the molecule is FC(F)C(F)c1ncccn1. The van der Waals surface area contributed by atoms with Crippen molar-refractivity contribution in [3.63, 3.8) is 0 Å². The Balaban J connectivity index is 2.77. The number of halogens is 3. The van der Waals surface area contributed by atoms with Crippen LogP contribution in [0.1, 0.15) is 12.0 Å². The molecule has 0 saturated carbocycles. The molecule has 5 heteroatoms. The van der Waals surface area contributed by atoms with E-state index in [-0.39, 0.29) is 0 Å². The Bertz CT molecular complexity index is 214. The second-order valence-electron chi connectivity index (χ2n) is 1.84. The van der Waals surface area contributed by atoms with Gasteiger partial charge in [-0.2, -0.15) is 0 Å². The van der Waals surface area contributed by atoms with Crippen LogP contribution in [-0.4, -0.2) is 16.4 Å². The van der Waals surface area contributed by atoms with Crippen LogP contribution in [-0.2, 0) is 0 Å². The number of alkyl halides is 3. The number of rotatable bonds is 2. The van der Waals surface area contributed by atoms with Crippen molar-refractivity contribution in [3.05, 3.63) is 24.3 Å². The van der Waals surface area contributed by atoms with Gasteiger partial charge < -0.3 is 0 Å². The maximum Gasteiger partial charge on any atom is 0.276 e. The molecule has 0 saturated heterocycles. The summed E-state index contributed by atoms with van der Waals surface area (Å²) < 4.78 is 35.7. The summed E-state index contributed by atoms with van der Waals surface area (Å²) in [6, 6.07) is 1.43. The molecule has 1 heterocycles. The van der Waals surface area contributed by atoms with E-state index in [1.54, 1.807) is 0 Å². The molecule has 0 aliphatic rings. The van der Waals surface area contributed by atoms with Crippen molar-refractivity contribution in [2.45, 2.75) is 12.6 Å². The van der Waals surface area contributed by atoms with Gasteiger partial charge in [0.1, 0.15) is 0 Å². The van der Waals surface area contributed by atoms with Gasteiger partial charge in [0.25, 0.3) is 6.43 Å². The zero-order chi connectivity index (χ0) is 8.27. The number of nitrogens with zero attached hydrogens (tertiary/aromatic N) is 2. The smallest absolute Gasteiger partial charge is 0.238 e. The minimum atomic E-state index is -3.06. The van der Waals surface area contributed by atoms with Gasteiger partial charge in [-0.1, -0.05) is 0 Å². The Kier molecular flexibility index (Phi) is 2.40. The van der Waals surface area contributed by atoms with Gasteiger partial charge in [0.15, 0.2) is 5.82 Å². The van der Waals surface area contributed by atoms with Crippen molar-refractivity contribution < 1.29 is 13.2 Å². The summed E-state index contributed by atoms with van der Waals surface area (Å²) in [4.78, 5) is 6.67. The van der Waals surface area contributed by atoms with Crippen LogP contribution in [0.3, 0.4) is 0 Å². The van der Waals surface area contributed by atoms with Crippen LogP contribution in [0.5, 0.6) is 0 Å². The molecule has 60 valence electrons. The van der Waals surface area contributed by atoms with Crippen molar-refractivity contribution in [1.29, 1.82) is 0 Å². The van der Waals surface area contributed by atoms with Crippen LogP contribution in [0.2, 0.25) is 0 Å². The molecule has 11 heavy (non-hydrogen) atoms. The molecule has 0 spiro atoms. The zero-order valence-electron chi connectivity index (χ0n) is 5.42. The molecule has 1 rings (SSSR count). The molecule has 1 atom stereocenters. The van der Waals surface area contributed by atoms with Gasteiger partial charge in [0.2, 0.25) is 6.17 Å². The largest absolute Gasteiger partial charge is 0.276 e. The van der Waals surface area contributed by atoms with Gasteiger partial charge in [-0.15, -0.1) is 0 Å². The Labute approximate surface area is 61.1 Å². The zero-order valence-corrected chi connectivity index (χ0v) is 5.42. The van der Waals surface area contributed by atoms with Gasteiger partial charge in [0, 0.05) is 12.4 Å². The van der Waals surface area contributed by atoms with Gasteiger partial charge in [0.05, 0.1) is 0 Å². The third-order valence-electron chi connectivity index (χ3n) is 1.05. The quantitative estimate of drug-likeness (QED) is 0.662. The van der Waals surface area contributed by atoms with Crippen molar-refractivity contribution in [1.82, 2.24) is 9.97 Å². The van der Waals surface area contributed by atoms with E-state index in [4.69, 9.17) is 0 Å². The fourth-order valence-corrected chi connectivity index (χ4v) is 0.566. The third-order valence-corrected chi connectivity index (χ3v) is 1.05. The first-order valence-corrected chi connectivity index (χ1v) is 2.91. The fraction of sp³-hybridized carbons (Fsp3) is 0.333. The Morgan fingerprint density at radius 2 is 1.64 bits per heavy atom. The van der Waals surface area contributed by atoms with E-state index in [1.165, 1.54) is 18.5 Å². The molecule has 0 fully saturated rings. The molecular weight excluding hydrogens is 157 g/mol. The minimum absolute atomic E-state index is 0.470. The predicted octanol–water partition coefficient (Wildman–Crippen LogP) is 1.75. The van der Waals surface area contributed by atoms with Crippen molar-refractivity contribution in [2.75, 3.05) is 0 Å². The second-order valence-corrected chi connectivity index (χ2v) is 1.84. The highest BCUT2D eigenvalue weighted by molar-refractivity contribution is 4.93. The summed E-state index contributed by atoms with van der Waals surface area (Å²) in [6.07, 6.45) is -3.00. The standard InChI is InChI=1S/C6H5F3N2/c7-4(5(8)9)6-10-2-1-3-11-6/h1-5H. The van der Waals surface area contributed by atoms with E-state index in [2.05, 4.69) is 9.97 Å². The van der Waals surface area contributed by atoms with Crippen LogP contribution < -0.4 is 0 Å². The minimum Gasteiger partial charge on any atom is -0.238 e. The Morgan fingerprint density at radius 3 is 2.09 bits per heavy atom. The number of aromatic nitrogens is 2. The van der Waals surface area contributed by atoms with Crippen LogP contribution in [0.25, 0.3) is 0 Å². The van der Waals surface area contributed by atoms with E-state index in [0.29, 0.717) is 0 Å². The highest BCUT2D eigenvalue weighted by Crippen LogP contribution is 2.20. The van der Waals surface area contributed by atoms with Gasteiger partial charge >= 0.3 is 0 Å². The molecule has 0 radical (unpaired) electrons. The molecular formula is C6H5F3N2. The van der Waals surface area contributed by atoms with Crippen LogP contribution in [0, 0.1) is 0 Å². The van der Waals surface area contributed by atoms with Crippen LogP contribution in [0.4, 0.5) is 13.2 Å². The molecule has 0 bridgehead atoms. The summed E-state index contributed by atoms with van der Waals surface area (Å²) in [7, 11) is 0. The Morgan fingerprint density at radius 1 is 1.09 bits per heavy atom. The molecule has 1 aromatic rings.